The van der Waals surface area contributed by atoms with Crippen molar-refractivity contribution in [2.75, 3.05) is 73.6 Å². The van der Waals surface area contributed by atoms with Crippen LogP contribution in [0, 0.1) is 17.8 Å². The van der Waals surface area contributed by atoms with Crippen LogP contribution in [-0.4, -0.2) is 85.3 Å². The van der Waals surface area contributed by atoms with Crippen molar-refractivity contribution in [3.63, 3.8) is 0 Å². The number of carbonyl (C=O) groups is 2. The molecule has 190 valence electrons. The Morgan fingerprint density at radius 3 is 2.11 bits per heavy atom. The zero-order valence-corrected chi connectivity index (χ0v) is 21.0. The van der Waals surface area contributed by atoms with Crippen molar-refractivity contribution in [2.45, 2.75) is 57.8 Å². The molecule has 3 atom stereocenters. The number of anilines is 3. The summed E-state index contributed by atoms with van der Waals surface area (Å²) in [4.78, 5) is 44.5. The Bertz CT molecular complexity index is 899. The van der Waals surface area contributed by atoms with Crippen LogP contribution in [0.3, 0.4) is 0 Å². The zero-order chi connectivity index (χ0) is 23.8. The van der Waals surface area contributed by atoms with Gasteiger partial charge in [-0.25, -0.2) is 0 Å². The monoisotopic (exact) mass is 480 g/mol. The van der Waals surface area contributed by atoms with E-state index in [1.807, 2.05) is 0 Å². The van der Waals surface area contributed by atoms with Gasteiger partial charge < -0.3 is 14.7 Å². The molecule has 0 amide bonds. The second-order valence-corrected chi connectivity index (χ2v) is 11.4. The van der Waals surface area contributed by atoms with Gasteiger partial charge in [-0.05, 0) is 56.8 Å². The first-order valence-electron chi connectivity index (χ1n) is 14.0. The molecule has 1 aromatic rings. The second kappa shape index (κ2) is 10.0. The molecule has 0 bridgehead atoms. The van der Waals surface area contributed by atoms with E-state index in [2.05, 4.69) is 25.7 Å². The zero-order valence-electron chi connectivity index (χ0n) is 21.0. The predicted molar refractivity (Wildman–Crippen MR) is 137 cm³/mol. The summed E-state index contributed by atoms with van der Waals surface area (Å²) in [5.74, 6) is 4.93. The van der Waals surface area contributed by atoms with Crippen LogP contribution in [0.2, 0.25) is 0 Å². The van der Waals surface area contributed by atoms with Gasteiger partial charge in [0.1, 0.15) is 23.2 Å². The smallest absolute Gasteiger partial charge is 0.229 e. The molecule has 2 aliphatic carbocycles. The quantitative estimate of drug-likeness (QED) is 0.616. The third kappa shape index (κ3) is 4.91. The summed E-state index contributed by atoms with van der Waals surface area (Å²) < 4.78 is 0. The lowest BCUT2D eigenvalue weighted by Crippen LogP contribution is -2.49. The van der Waals surface area contributed by atoms with Gasteiger partial charge in [-0.1, -0.05) is 0 Å². The molecule has 0 aromatic carbocycles. The van der Waals surface area contributed by atoms with E-state index in [1.54, 1.807) is 0 Å². The van der Waals surface area contributed by atoms with E-state index in [0.29, 0.717) is 42.8 Å². The number of hydrogen-bond donors (Lipinski definition) is 0. The molecule has 8 nitrogen and oxygen atoms in total. The number of aromatic nitrogens is 2. The Kier molecular flexibility index (Phi) is 6.65. The van der Waals surface area contributed by atoms with Crippen LogP contribution in [0.25, 0.3) is 0 Å². The molecule has 1 aromatic heterocycles. The first-order valence-corrected chi connectivity index (χ1v) is 14.0. The molecule has 5 fully saturated rings. The van der Waals surface area contributed by atoms with E-state index in [4.69, 9.17) is 9.97 Å². The van der Waals surface area contributed by atoms with E-state index in [0.717, 1.165) is 89.2 Å². The Hall–Kier alpha value is -2.22. The molecule has 35 heavy (non-hydrogen) atoms. The molecular formula is C27H40N6O2. The van der Waals surface area contributed by atoms with Gasteiger partial charge in [0, 0.05) is 77.2 Å². The summed E-state index contributed by atoms with van der Waals surface area (Å²) in [7, 11) is 0. The van der Waals surface area contributed by atoms with Crippen LogP contribution in [-0.2, 0) is 9.59 Å². The summed E-state index contributed by atoms with van der Waals surface area (Å²) in [5, 5.41) is 0. The highest BCUT2D eigenvalue weighted by atomic mass is 16.1. The van der Waals surface area contributed by atoms with E-state index in [1.165, 1.54) is 25.7 Å². The Morgan fingerprint density at radius 2 is 1.43 bits per heavy atom. The fourth-order valence-corrected chi connectivity index (χ4v) is 7.17. The van der Waals surface area contributed by atoms with Crippen molar-refractivity contribution in [1.82, 2.24) is 14.9 Å². The summed E-state index contributed by atoms with van der Waals surface area (Å²) in [5.41, 5.74) is 0. The summed E-state index contributed by atoms with van der Waals surface area (Å²) >= 11 is 0. The van der Waals surface area contributed by atoms with Gasteiger partial charge in [-0.15, -0.1) is 0 Å². The Labute approximate surface area is 209 Å². The highest BCUT2D eigenvalue weighted by molar-refractivity contribution is 5.85. The van der Waals surface area contributed by atoms with Gasteiger partial charge in [0.25, 0.3) is 0 Å². The molecular weight excluding hydrogens is 440 g/mol. The highest BCUT2D eigenvalue weighted by Crippen LogP contribution is 2.45. The lowest BCUT2D eigenvalue weighted by molar-refractivity contribution is -0.128. The second-order valence-electron chi connectivity index (χ2n) is 11.4. The lowest BCUT2D eigenvalue weighted by Gasteiger charge is -2.36. The maximum absolute atomic E-state index is 13.2. The topological polar surface area (TPSA) is 72.9 Å². The molecule has 0 N–H and O–H groups in total. The lowest BCUT2D eigenvalue weighted by atomic mass is 9.76. The summed E-state index contributed by atoms with van der Waals surface area (Å²) in [6.07, 6.45) is 9.30. The standard InChI is InChI=1S/C27H40N6O2/c34-21-6-8-22-20(17-21)5-7-23(22)24(35)19-30-13-15-32(16-14-30)26-18-25(31-9-1-2-10-31)28-27(29-26)33-11-3-4-12-33/h18,20,22-23H,1-17,19H2. The minimum atomic E-state index is 0.180. The third-order valence-electron chi connectivity index (χ3n) is 9.21. The maximum Gasteiger partial charge on any atom is 0.229 e. The average molecular weight is 481 g/mol. The fourth-order valence-electron chi connectivity index (χ4n) is 7.17. The van der Waals surface area contributed by atoms with E-state index >= 15 is 0 Å². The molecule has 0 spiro atoms. The van der Waals surface area contributed by atoms with Crippen LogP contribution < -0.4 is 14.7 Å². The van der Waals surface area contributed by atoms with Crippen molar-refractivity contribution >= 4 is 29.2 Å². The number of ketones is 2. The van der Waals surface area contributed by atoms with Crippen molar-refractivity contribution in [1.29, 1.82) is 0 Å². The van der Waals surface area contributed by atoms with Crippen LogP contribution in [0.15, 0.2) is 6.07 Å². The minimum Gasteiger partial charge on any atom is -0.356 e. The number of hydrogen-bond acceptors (Lipinski definition) is 8. The molecule has 3 unspecified atom stereocenters. The van der Waals surface area contributed by atoms with Crippen LogP contribution in [0.5, 0.6) is 0 Å². The van der Waals surface area contributed by atoms with Crippen molar-refractivity contribution in [2.24, 2.45) is 17.8 Å². The van der Waals surface area contributed by atoms with Gasteiger partial charge in [0.05, 0.1) is 6.54 Å². The number of Topliss-reactive ketones (excluding diaryl/α,β-unsaturated/α-hetero) is 2. The van der Waals surface area contributed by atoms with Gasteiger partial charge in [0.2, 0.25) is 5.95 Å². The molecule has 5 aliphatic rings. The molecule has 0 radical (unpaired) electrons. The number of rotatable bonds is 6. The Morgan fingerprint density at radius 1 is 0.800 bits per heavy atom. The summed E-state index contributed by atoms with van der Waals surface area (Å²) in [6.45, 7) is 8.43. The molecule has 2 saturated carbocycles. The molecule has 3 saturated heterocycles. The van der Waals surface area contributed by atoms with Crippen molar-refractivity contribution in [3.05, 3.63) is 6.07 Å². The molecule has 4 heterocycles. The van der Waals surface area contributed by atoms with E-state index < -0.39 is 0 Å². The number of fused-ring (bicyclic) bond motifs is 1. The van der Waals surface area contributed by atoms with Gasteiger partial charge >= 0.3 is 0 Å². The van der Waals surface area contributed by atoms with Crippen LogP contribution in [0.1, 0.15) is 57.8 Å². The van der Waals surface area contributed by atoms with E-state index in [9.17, 15) is 9.59 Å². The summed E-state index contributed by atoms with van der Waals surface area (Å²) in [6, 6.07) is 2.19. The van der Waals surface area contributed by atoms with Crippen molar-refractivity contribution in [3.8, 4) is 0 Å². The first-order chi connectivity index (χ1) is 17.1. The number of piperazine rings is 1. The van der Waals surface area contributed by atoms with Crippen molar-refractivity contribution < 1.29 is 9.59 Å². The maximum atomic E-state index is 13.2. The number of carbonyl (C=O) groups excluding carboxylic acids is 2. The molecule has 6 rings (SSSR count). The molecule has 3 aliphatic heterocycles. The third-order valence-corrected chi connectivity index (χ3v) is 9.21. The number of nitrogens with zero attached hydrogens (tertiary/aromatic N) is 6. The Balaban J connectivity index is 1.09. The van der Waals surface area contributed by atoms with Gasteiger partial charge in [-0.2, -0.15) is 9.97 Å². The SMILES string of the molecule is O=C1CCC2C(CCC2C(=O)CN2CCN(c3cc(N4CCCC4)nc(N4CCCC4)n3)CC2)C1. The normalized spacial score (nSPS) is 29.8. The fraction of sp³-hybridized carbons (Fsp3) is 0.778. The highest BCUT2D eigenvalue weighted by Gasteiger charge is 2.43. The van der Waals surface area contributed by atoms with Gasteiger partial charge in [-0.3, -0.25) is 14.5 Å². The van der Waals surface area contributed by atoms with E-state index in [-0.39, 0.29) is 5.92 Å². The predicted octanol–water partition coefficient (Wildman–Crippen LogP) is 2.76. The average Bonchev–Trinajstić information content (AvgIpc) is 3.66. The van der Waals surface area contributed by atoms with Crippen LogP contribution in [0.4, 0.5) is 17.6 Å². The van der Waals surface area contributed by atoms with Crippen LogP contribution >= 0.6 is 0 Å². The molecule has 8 heteroatoms. The largest absolute Gasteiger partial charge is 0.356 e. The minimum absolute atomic E-state index is 0.180. The van der Waals surface area contributed by atoms with Gasteiger partial charge in [0.15, 0.2) is 0 Å². The first kappa shape index (κ1) is 23.2.